The Hall–Kier alpha value is -0.860. The van der Waals surface area contributed by atoms with Crippen molar-refractivity contribution in [3.8, 4) is 0 Å². The highest BCUT2D eigenvalue weighted by molar-refractivity contribution is 5.26. The minimum atomic E-state index is 0.0396. The molecule has 2 aliphatic rings. The maximum Gasteiger partial charge on any atom is 0.0641 e. The van der Waals surface area contributed by atoms with Crippen LogP contribution in [-0.4, -0.2) is 24.8 Å². The fraction of sp³-hybridized carbons (Fsp3) is 0.714. The van der Waals surface area contributed by atoms with Crippen molar-refractivity contribution in [2.75, 3.05) is 13.2 Å². The first kappa shape index (κ1) is 17.0. The predicted molar refractivity (Wildman–Crippen MR) is 96.9 cm³/mol. The molecule has 0 spiro atoms. The average Bonchev–Trinajstić information content (AvgIpc) is 2.56. The minimum absolute atomic E-state index is 0.0396. The Balaban J connectivity index is 1.59. The highest BCUT2D eigenvalue weighted by Gasteiger charge is 2.34. The van der Waals surface area contributed by atoms with Crippen LogP contribution in [0.5, 0.6) is 0 Å². The molecule has 2 nitrogen and oxygen atoms in total. The zero-order chi connectivity index (χ0) is 16.2. The Morgan fingerprint density at radius 2 is 1.83 bits per heavy atom. The third-order valence-electron chi connectivity index (χ3n) is 5.93. The van der Waals surface area contributed by atoms with Gasteiger partial charge in [-0.1, -0.05) is 49.6 Å². The van der Waals surface area contributed by atoms with Crippen molar-refractivity contribution >= 4 is 0 Å². The average molecular weight is 316 g/mol. The molecule has 23 heavy (non-hydrogen) atoms. The van der Waals surface area contributed by atoms with Crippen molar-refractivity contribution in [2.45, 2.75) is 82.3 Å². The van der Waals surface area contributed by atoms with Gasteiger partial charge in [-0.25, -0.2) is 0 Å². The van der Waals surface area contributed by atoms with Crippen LogP contribution in [0.2, 0.25) is 0 Å². The second-order valence-electron chi connectivity index (χ2n) is 8.21. The van der Waals surface area contributed by atoms with Gasteiger partial charge in [0, 0.05) is 12.6 Å². The van der Waals surface area contributed by atoms with Gasteiger partial charge < -0.3 is 10.1 Å². The first-order chi connectivity index (χ1) is 11.1. The van der Waals surface area contributed by atoms with Gasteiger partial charge in [-0.3, -0.25) is 0 Å². The van der Waals surface area contributed by atoms with Crippen molar-refractivity contribution in [3.05, 3.63) is 35.9 Å². The van der Waals surface area contributed by atoms with Crippen molar-refractivity contribution in [2.24, 2.45) is 0 Å². The minimum Gasteiger partial charge on any atom is -0.375 e. The molecule has 1 atom stereocenters. The molecule has 1 heterocycles. The summed E-state index contributed by atoms with van der Waals surface area (Å²) in [4.78, 5) is 0. The summed E-state index contributed by atoms with van der Waals surface area (Å²) in [7, 11) is 0. The van der Waals surface area contributed by atoms with Crippen LogP contribution in [0.25, 0.3) is 0 Å². The van der Waals surface area contributed by atoms with Crippen LogP contribution in [0.4, 0.5) is 0 Å². The highest BCUT2D eigenvalue weighted by Crippen LogP contribution is 2.42. The molecule has 1 aliphatic heterocycles. The Labute approximate surface area is 142 Å². The van der Waals surface area contributed by atoms with Gasteiger partial charge in [0.1, 0.15) is 0 Å². The van der Waals surface area contributed by atoms with E-state index in [1.165, 1.54) is 38.5 Å². The van der Waals surface area contributed by atoms with Gasteiger partial charge >= 0.3 is 0 Å². The van der Waals surface area contributed by atoms with Crippen LogP contribution in [0.1, 0.15) is 70.8 Å². The van der Waals surface area contributed by atoms with Crippen molar-refractivity contribution in [3.63, 3.8) is 0 Å². The van der Waals surface area contributed by atoms with E-state index >= 15 is 0 Å². The van der Waals surface area contributed by atoms with E-state index in [0.717, 1.165) is 26.0 Å². The van der Waals surface area contributed by atoms with Crippen LogP contribution >= 0.6 is 0 Å². The smallest absolute Gasteiger partial charge is 0.0641 e. The number of hydrogen-bond acceptors (Lipinski definition) is 2. The van der Waals surface area contributed by atoms with E-state index in [9.17, 15) is 0 Å². The van der Waals surface area contributed by atoms with Gasteiger partial charge in [0.15, 0.2) is 0 Å². The molecule has 2 fully saturated rings. The normalized spacial score (nSPS) is 26.8. The number of hydrogen-bond donors (Lipinski definition) is 1. The molecule has 0 aromatic heterocycles. The second-order valence-corrected chi connectivity index (χ2v) is 8.21. The Morgan fingerprint density at radius 3 is 2.52 bits per heavy atom. The van der Waals surface area contributed by atoms with E-state index in [4.69, 9.17) is 4.74 Å². The third-order valence-corrected chi connectivity index (χ3v) is 5.93. The number of benzene rings is 1. The highest BCUT2D eigenvalue weighted by atomic mass is 16.5. The van der Waals surface area contributed by atoms with Gasteiger partial charge in [-0.15, -0.1) is 0 Å². The third kappa shape index (κ3) is 4.36. The maximum atomic E-state index is 5.84. The van der Waals surface area contributed by atoms with Crippen LogP contribution in [0.15, 0.2) is 30.3 Å². The van der Waals surface area contributed by atoms with Gasteiger partial charge in [-0.2, -0.15) is 0 Å². The van der Waals surface area contributed by atoms with Crippen LogP contribution in [0, 0.1) is 0 Å². The number of nitrogens with one attached hydrogen (secondary N) is 1. The number of ether oxygens (including phenoxy) is 1. The van der Waals surface area contributed by atoms with Gasteiger partial charge in [0.05, 0.1) is 5.60 Å². The fourth-order valence-corrected chi connectivity index (χ4v) is 4.62. The summed E-state index contributed by atoms with van der Waals surface area (Å²) in [6, 6.07) is 11.9. The van der Waals surface area contributed by atoms with E-state index in [0.29, 0.717) is 11.5 Å². The molecule has 1 aliphatic carbocycles. The van der Waals surface area contributed by atoms with Gasteiger partial charge in [-0.05, 0) is 63.5 Å². The summed E-state index contributed by atoms with van der Waals surface area (Å²) in [6.45, 7) is 6.46. The van der Waals surface area contributed by atoms with E-state index in [2.05, 4.69) is 49.5 Å². The summed E-state index contributed by atoms with van der Waals surface area (Å²) >= 11 is 0. The summed E-state index contributed by atoms with van der Waals surface area (Å²) in [6.07, 6.45) is 10.5. The molecule has 128 valence electrons. The molecule has 0 bridgehead atoms. The predicted octanol–water partition coefficient (Wildman–Crippen LogP) is 4.83. The topological polar surface area (TPSA) is 21.3 Å². The van der Waals surface area contributed by atoms with E-state index in [1.807, 2.05) is 0 Å². The maximum absolute atomic E-state index is 5.84. The Bertz CT molecular complexity index is 476. The molecular formula is C21H33NO. The molecule has 1 saturated carbocycles. The molecule has 0 amide bonds. The zero-order valence-corrected chi connectivity index (χ0v) is 14.9. The lowest BCUT2D eigenvalue weighted by molar-refractivity contribution is -0.0629. The van der Waals surface area contributed by atoms with E-state index in [1.54, 1.807) is 5.56 Å². The molecule has 0 unspecified atom stereocenters. The zero-order valence-electron chi connectivity index (χ0n) is 14.9. The summed E-state index contributed by atoms with van der Waals surface area (Å²) in [5.41, 5.74) is 2.01. The lowest BCUT2D eigenvalue weighted by Gasteiger charge is -2.40. The summed E-state index contributed by atoms with van der Waals surface area (Å²) in [5.74, 6) is 0. The van der Waals surface area contributed by atoms with E-state index < -0.39 is 0 Å². The molecule has 2 heteroatoms. The Morgan fingerprint density at radius 1 is 1.09 bits per heavy atom. The van der Waals surface area contributed by atoms with Gasteiger partial charge in [0.25, 0.3) is 0 Å². The van der Waals surface area contributed by atoms with Crippen LogP contribution < -0.4 is 5.32 Å². The van der Waals surface area contributed by atoms with Crippen molar-refractivity contribution in [1.29, 1.82) is 0 Å². The largest absolute Gasteiger partial charge is 0.375 e. The molecule has 3 rings (SSSR count). The molecule has 1 saturated heterocycles. The SMILES string of the molecule is CC1(C)C[C@@H](NCCC2(c3ccccc3)CCCCC2)CCO1. The van der Waals surface area contributed by atoms with Crippen molar-refractivity contribution < 1.29 is 4.74 Å². The first-order valence-electron chi connectivity index (χ1n) is 9.53. The van der Waals surface area contributed by atoms with E-state index in [-0.39, 0.29) is 5.60 Å². The lowest BCUT2D eigenvalue weighted by atomic mass is 9.67. The van der Waals surface area contributed by atoms with Crippen LogP contribution in [0.3, 0.4) is 0 Å². The number of rotatable bonds is 5. The lowest BCUT2D eigenvalue weighted by Crippen LogP contribution is -2.45. The standard InChI is InChI=1S/C21H33NO/c1-20(2)17-19(11-16-23-20)22-15-14-21(12-7-4-8-13-21)18-9-5-3-6-10-18/h3,5-6,9-10,19,22H,4,7-8,11-17H2,1-2H3/t19-/m0/s1. The monoisotopic (exact) mass is 315 g/mol. The second kappa shape index (κ2) is 7.36. The van der Waals surface area contributed by atoms with Gasteiger partial charge in [0.2, 0.25) is 0 Å². The Kier molecular flexibility index (Phi) is 5.43. The molecule has 1 N–H and O–H groups in total. The molecule has 1 aromatic rings. The summed E-state index contributed by atoms with van der Waals surface area (Å²) in [5, 5.41) is 3.84. The van der Waals surface area contributed by atoms with Crippen LogP contribution in [-0.2, 0) is 10.2 Å². The summed E-state index contributed by atoms with van der Waals surface area (Å²) < 4.78 is 5.84. The first-order valence-corrected chi connectivity index (χ1v) is 9.53. The fourth-order valence-electron chi connectivity index (χ4n) is 4.62. The molecular weight excluding hydrogens is 282 g/mol. The molecule has 0 radical (unpaired) electrons. The quantitative estimate of drug-likeness (QED) is 0.840. The van der Waals surface area contributed by atoms with Crippen molar-refractivity contribution in [1.82, 2.24) is 5.32 Å². The molecule has 1 aromatic carbocycles.